The molecule has 1 unspecified atom stereocenters. The number of aldehydes is 1. The lowest BCUT2D eigenvalue weighted by Gasteiger charge is -2.32. The molecule has 1 atom stereocenters. The van der Waals surface area contributed by atoms with Crippen LogP contribution in [0, 0.1) is 0 Å². The van der Waals surface area contributed by atoms with E-state index in [1.165, 1.54) is 19.4 Å². The molecule has 0 aromatic carbocycles. The van der Waals surface area contributed by atoms with E-state index in [1.807, 2.05) is 0 Å². The van der Waals surface area contributed by atoms with E-state index in [4.69, 9.17) is 0 Å². The van der Waals surface area contributed by atoms with Crippen LogP contribution in [-0.2, 0) is 9.59 Å². The Hall–Kier alpha value is -2.36. The number of hydrogen-bond acceptors (Lipinski definition) is 7. The van der Waals surface area contributed by atoms with Gasteiger partial charge in [-0.25, -0.2) is 9.97 Å². The third-order valence-electron chi connectivity index (χ3n) is 3.24. The van der Waals surface area contributed by atoms with E-state index in [-0.39, 0.29) is 24.2 Å². The van der Waals surface area contributed by atoms with Crippen LogP contribution in [0.15, 0.2) is 12.4 Å². The van der Waals surface area contributed by atoms with Crippen LogP contribution in [-0.4, -0.2) is 56.3 Å². The van der Waals surface area contributed by atoms with Gasteiger partial charge in [0.1, 0.15) is 11.7 Å². The molecule has 2 heterocycles. The molecule has 0 bridgehead atoms. The van der Waals surface area contributed by atoms with E-state index >= 15 is 0 Å². The van der Waals surface area contributed by atoms with Crippen molar-refractivity contribution in [1.29, 1.82) is 0 Å². The van der Waals surface area contributed by atoms with Gasteiger partial charge in [-0.15, -0.1) is 3.89 Å². The lowest BCUT2D eigenvalue weighted by Crippen LogP contribution is -2.52. The largest absolute Gasteiger partial charge is 0.328 e. The predicted molar refractivity (Wildman–Crippen MR) is 73.1 cm³/mol. The van der Waals surface area contributed by atoms with Gasteiger partial charge < -0.3 is 4.90 Å². The Labute approximate surface area is 129 Å². The molecule has 22 heavy (non-hydrogen) atoms. The summed E-state index contributed by atoms with van der Waals surface area (Å²) in [6.45, 7) is 0. The summed E-state index contributed by atoms with van der Waals surface area (Å²) in [5, 5.41) is 0. The summed E-state index contributed by atoms with van der Waals surface area (Å²) < 4.78 is 13.1. The summed E-state index contributed by atoms with van der Waals surface area (Å²) in [7, 11) is 1.32. The first kappa shape index (κ1) is 16.0. The number of piperidine rings is 1. The number of imide groups is 1. The van der Waals surface area contributed by atoms with Gasteiger partial charge in [-0.05, 0) is 6.42 Å². The number of aromatic nitrogens is 2. The Morgan fingerprint density at radius 3 is 2.77 bits per heavy atom. The lowest BCUT2D eigenvalue weighted by molar-refractivity contribution is -0.144. The highest BCUT2D eigenvalue weighted by molar-refractivity contribution is 7.93. The molecule has 3 amide bonds. The zero-order chi connectivity index (χ0) is 16.3. The maximum absolute atomic E-state index is 12.7. The molecule has 1 aliphatic rings. The quantitative estimate of drug-likeness (QED) is 0.449. The molecule has 1 saturated heterocycles. The summed E-state index contributed by atoms with van der Waals surface area (Å²) in [6.07, 6.45) is 2.89. The molecule has 0 radical (unpaired) electrons. The van der Waals surface area contributed by atoms with Crippen LogP contribution < -0.4 is 0 Å². The molecular formula is C12H11FN4O4S. The molecule has 0 aliphatic carbocycles. The van der Waals surface area contributed by atoms with Crippen LogP contribution in [0.1, 0.15) is 33.8 Å². The summed E-state index contributed by atoms with van der Waals surface area (Å²) >= 11 is -0.490. The lowest BCUT2D eigenvalue weighted by atomic mass is 10.0. The van der Waals surface area contributed by atoms with Crippen molar-refractivity contribution in [3.05, 3.63) is 23.8 Å². The summed E-state index contributed by atoms with van der Waals surface area (Å²) in [5.74, 6) is -2.18. The topological polar surface area (TPSA) is 101 Å². The van der Waals surface area contributed by atoms with Gasteiger partial charge in [0.25, 0.3) is 11.8 Å². The minimum atomic E-state index is -1.00. The Kier molecular flexibility index (Phi) is 4.81. The van der Waals surface area contributed by atoms with Gasteiger partial charge in [-0.2, -0.15) is 4.31 Å². The fraction of sp³-hybridized carbons (Fsp3) is 0.333. The second-order valence-corrected chi connectivity index (χ2v) is 4.98. The van der Waals surface area contributed by atoms with Crippen molar-refractivity contribution in [2.75, 3.05) is 7.05 Å². The first-order valence-corrected chi connectivity index (χ1v) is 6.87. The summed E-state index contributed by atoms with van der Waals surface area (Å²) in [6, 6.07) is -1.00. The maximum atomic E-state index is 12.7. The van der Waals surface area contributed by atoms with Gasteiger partial charge in [0.05, 0.1) is 0 Å². The Balaban J connectivity index is 2.25. The normalized spacial score (nSPS) is 18.3. The van der Waals surface area contributed by atoms with E-state index in [2.05, 4.69) is 9.97 Å². The smallest absolute Gasteiger partial charge is 0.275 e. The van der Waals surface area contributed by atoms with E-state index in [1.54, 1.807) is 0 Å². The molecule has 1 aliphatic heterocycles. The highest BCUT2D eigenvalue weighted by Gasteiger charge is 2.40. The second-order valence-electron chi connectivity index (χ2n) is 4.47. The molecule has 1 fully saturated rings. The van der Waals surface area contributed by atoms with Crippen molar-refractivity contribution < 1.29 is 23.1 Å². The number of carbonyl (C=O) groups excluding carboxylic acids is 4. The average molecular weight is 326 g/mol. The minimum Gasteiger partial charge on any atom is -0.328 e. The van der Waals surface area contributed by atoms with E-state index in [9.17, 15) is 23.1 Å². The zero-order valence-corrected chi connectivity index (χ0v) is 12.2. The van der Waals surface area contributed by atoms with E-state index in [0.717, 1.165) is 4.90 Å². The number of amides is 3. The van der Waals surface area contributed by atoms with Gasteiger partial charge >= 0.3 is 0 Å². The third kappa shape index (κ3) is 2.82. The van der Waals surface area contributed by atoms with Crippen molar-refractivity contribution in [1.82, 2.24) is 19.2 Å². The van der Waals surface area contributed by atoms with E-state index in [0.29, 0.717) is 10.6 Å². The Bertz CT molecular complexity index is 641. The molecule has 116 valence electrons. The number of rotatable bonds is 4. The van der Waals surface area contributed by atoms with Gasteiger partial charge in [0.2, 0.25) is 5.91 Å². The molecule has 1 aromatic rings. The highest BCUT2D eigenvalue weighted by atomic mass is 32.2. The fourth-order valence-electron chi connectivity index (χ4n) is 2.08. The molecule has 1 aromatic heterocycles. The van der Waals surface area contributed by atoms with Crippen LogP contribution in [0.25, 0.3) is 0 Å². The maximum Gasteiger partial charge on any atom is 0.275 e. The number of carbonyl (C=O) groups is 4. The first-order chi connectivity index (χ1) is 10.5. The van der Waals surface area contributed by atoms with Crippen LogP contribution in [0.4, 0.5) is 3.89 Å². The monoisotopic (exact) mass is 326 g/mol. The molecule has 10 heteroatoms. The van der Waals surface area contributed by atoms with E-state index < -0.39 is 36.1 Å². The Morgan fingerprint density at radius 2 is 2.14 bits per heavy atom. The molecule has 2 rings (SSSR count). The minimum absolute atomic E-state index is 0.0635. The van der Waals surface area contributed by atoms with Crippen LogP contribution in [0.5, 0.6) is 0 Å². The number of nitrogens with zero attached hydrogens (tertiary/aromatic N) is 4. The van der Waals surface area contributed by atoms with Crippen molar-refractivity contribution in [3.8, 4) is 0 Å². The van der Waals surface area contributed by atoms with Crippen molar-refractivity contribution in [3.63, 3.8) is 0 Å². The molecule has 0 spiro atoms. The molecule has 8 nitrogen and oxygen atoms in total. The first-order valence-electron chi connectivity index (χ1n) is 6.20. The van der Waals surface area contributed by atoms with Crippen molar-refractivity contribution in [2.45, 2.75) is 18.9 Å². The van der Waals surface area contributed by atoms with Gasteiger partial charge in [-0.1, -0.05) is 0 Å². The van der Waals surface area contributed by atoms with Gasteiger partial charge in [0, 0.05) is 25.9 Å². The summed E-state index contributed by atoms with van der Waals surface area (Å²) in [5.41, 5.74) is -0.362. The van der Waals surface area contributed by atoms with Crippen LogP contribution >= 0.6 is 12.3 Å². The van der Waals surface area contributed by atoms with Gasteiger partial charge in [-0.3, -0.25) is 19.2 Å². The number of likely N-dealkylation sites (N-methyl/N-ethyl adjacent to an activating group) is 1. The number of hydrogen-bond donors (Lipinski definition) is 0. The molecule has 0 N–H and O–H groups in total. The van der Waals surface area contributed by atoms with Crippen LogP contribution in [0.2, 0.25) is 0 Å². The SMILES string of the molecule is CN(C(=O)c1nccnc1C=O)C1CCC(=O)N(SF)C1=O. The average Bonchev–Trinajstić information content (AvgIpc) is 2.54. The third-order valence-corrected chi connectivity index (χ3v) is 3.76. The summed E-state index contributed by atoms with van der Waals surface area (Å²) in [4.78, 5) is 55.2. The van der Waals surface area contributed by atoms with Gasteiger partial charge in [0.15, 0.2) is 24.3 Å². The van der Waals surface area contributed by atoms with Crippen LogP contribution in [0.3, 0.4) is 0 Å². The predicted octanol–water partition coefficient (Wildman–Crippen LogP) is 0.411. The van der Waals surface area contributed by atoms with Crippen molar-refractivity contribution in [2.24, 2.45) is 0 Å². The fourth-order valence-corrected chi connectivity index (χ4v) is 2.44. The molecule has 0 saturated carbocycles. The van der Waals surface area contributed by atoms with Crippen molar-refractivity contribution >= 4 is 36.3 Å². The highest BCUT2D eigenvalue weighted by Crippen LogP contribution is 2.25. The Morgan fingerprint density at radius 1 is 1.45 bits per heavy atom. The number of halogens is 1. The molecular weight excluding hydrogens is 315 g/mol. The zero-order valence-electron chi connectivity index (χ0n) is 11.4. The second kappa shape index (κ2) is 6.60. The standard InChI is InChI=1S/C12H11FN4O4S/c1-16(8-2-3-9(19)17(22-13)11(8)20)12(21)10-7(6-18)14-4-5-15-10/h4-6,8H,2-3H2,1H3.